The largest absolute Gasteiger partial charge is 0.537 e. The maximum Gasteiger partial charge on any atom is 0.537 e. The summed E-state index contributed by atoms with van der Waals surface area (Å²) in [5.74, 6) is 0. The molecular formula is C34H48O3Si. The van der Waals surface area contributed by atoms with Crippen LogP contribution in [-0.4, -0.2) is 28.6 Å². The number of hydrogen-bond donors (Lipinski definition) is 0. The SMILES string of the molecule is CCCCCCCCCCCCc1ccc2c([Si](OCC)(OCC)OCC)ccc3c2c1-c1ccccc1-3. The Morgan fingerprint density at radius 2 is 1.13 bits per heavy atom. The van der Waals surface area contributed by atoms with Crippen LogP contribution >= 0.6 is 0 Å². The molecule has 4 rings (SSSR count). The molecule has 0 saturated carbocycles. The van der Waals surface area contributed by atoms with E-state index in [2.05, 4.69) is 55.5 Å². The van der Waals surface area contributed by atoms with Crippen LogP contribution in [0, 0.1) is 0 Å². The normalized spacial score (nSPS) is 12.4. The Kier molecular flexibility index (Phi) is 11.0. The standard InChI is InChI=1S/C34H48O3Si/c1-5-9-10-11-12-13-14-15-16-17-20-27-23-24-31-32(38(35-6-2,36-7-3)37-8-4)26-25-30-28-21-18-19-22-29(28)33(27)34(30)31/h18-19,21-26H,5-17,20H2,1-4H3. The number of benzene rings is 3. The molecule has 0 fully saturated rings. The summed E-state index contributed by atoms with van der Waals surface area (Å²) < 4.78 is 19.0. The summed E-state index contributed by atoms with van der Waals surface area (Å²) >= 11 is 0. The van der Waals surface area contributed by atoms with E-state index in [-0.39, 0.29) is 0 Å². The fourth-order valence-corrected chi connectivity index (χ4v) is 8.85. The molecule has 0 radical (unpaired) electrons. The van der Waals surface area contributed by atoms with Gasteiger partial charge in [0, 0.05) is 25.0 Å². The number of hydrogen-bond acceptors (Lipinski definition) is 3. The number of aryl methyl sites for hydroxylation is 1. The molecule has 38 heavy (non-hydrogen) atoms. The van der Waals surface area contributed by atoms with Crippen LogP contribution in [0.25, 0.3) is 33.0 Å². The molecule has 0 amide bonds. The predicted octanol–water partition coefficient (Wildman–Crippen LogP) is 9.21. The second kappa shape index (κ2) is 14.4. The lowest BCUT2D eigenvalue weighted by molar-refractivity contribution is 0.0862. The molecule has 0 saturated heterocycles. The van der Waals surface area contributed by atoms with Gasteiger partial charge in [0.25, 0.3) is 0 Å². The lowest BCUT2D eigenvalue weighted by Crippen LogP contribution is -2.57. The van der Waals surface area contributed by atoms with Gasteiger partial charge in [0.2, 0.25) is 0 Å². The van der Waals surface area contributed by atoms with Crippen molar-refractivity contribution in [2.24, 2.45) is 0 Å². The van der Waals surface area contributed by atoms with E-state index in [9.17, 15) is 0 Å². The van der Waals surface area contributed by atoms with E-state index in [0.29, 0.717) is 19.8 Å². The fraction of sp³-hybridized carbons (Fsp3) is 0.529. The van der Waals surface area contributed by atoms with E-state index in [1.165, 1.54) is 103 Å². The highest BCUT2D eigenvalue weighted by molar-refractivity contribution is 6.78. The maximum atomic E-state index is 6.35. The molecule has 0 aromatic heterocycles. The minimum absolute atomic E-state index is 0.569. The van der Waals surface area contributed by atoms with E-state index in [1.807, 2.05) is 20.8 Å². The Morgan fingerprint density at radius 1 is 0.553 bits per heavy atom. The van der Waals surface area contributed by atoms with E-state index < -0.39 is 8.80 Å². The van der Waals surface area contributed by atoms with Crippen molar-refractivity contribution in [3.05, 3.63) is 54.1 Å². The van der Waals surface area contributed by atoms with Crippen molar-refractivity contribution in [3.8, 4) is 22.3 Å². The molecule has 0 unspecified atom stereocenters. The van der Waals surface area contributed by atoms with Crippen molar-refractivity contribution < 1.29 is 13.3 Å². The molecule has 4 heteroatoms. The van der Waals surface area contributed by atoms with Gasteiger partial charge in [-0.3, -0.25) is 0 Å². The molecule has 0 heterocycles. The number of unbranched alkanes of at least 4 members (excludes halogenated alkanes) is 9. The highest BCUT2D eigenvalue weighted by atomic mass is 28.4. The Morgan fingerprint density at radius 3 is 1.74 bits per heavy atom. The van der Waals surface area contributed by atoms with Crippen molar-refractivity contribution >= 4 is 24.8 Å². The molecule has 1 aliphatic carbocycles. The van der Waals surface area contributed by atoms with Crippen molar-refractivity contribution in [2.45, 2.75) is 98.3 Å². The maximum absolute atomic E-state index is 6.35. The molecule has 206 valence electrons. The molecule has 0 N–H and O–H groups in total. The van der Waals surface area contributed by atoms with Crippen molar-refractivity contribution in [1.29, 1.82) is 0 Å². The summed E-state index contributed by atoms with van der Waals surface area (Å²) in [6.07, 6.45) is 14.8. The molecule has 3 aromatic rings. The van der Waals surface area contributed by atoms with E-state index in [4.69, 9.17) is 13.3 Å². The zero-order chi connectivity index (χ0) is 26.8. The molecular weight excluding hydrogens is 484 g/mol. The molecule has 0 spiro atoms. The van der Waals surface area contributed by atoms with E-state index in [0.717, 1.165) is 11.6 Å². The first-order valence-corrected chi connectivity index (χ1v) is 17.0. The quantitative estimate of drug-likeness (QED) is 0.0944. The molecule has 3 aromatic carbocycles. The van der Waals surface area contributed by atoms with E-state index >= 15 is 0 Å². The summed E-state index contributed by atoms with van der Waals surface area (Å²) in [5.41, 5.74) is 6.91. The van der Waals surface area contributed by atoms with Crippen molar-refractivity contribution in [1.82, 2.24) is 0 Å². The lowest BCUT2D eigenvalue weighted by atomic mass is 9.94. The van der Waals surface area contributed by atoms with Crippen LogP contribution < -0.4 is 5.19 Å². The molecule has 0 bridgehead atoms. The predicted molar refractivity (Wildman–Crippen MR) is 164 cm³/mol. The fourth-order valence-electron chi connectivity index (χ4n) is 6.16. The Hall–Kier alpha value is -1.98. The van der Waals surface area contributed by atoms with Gasteiger partial charge in [-0.05, 0) is 72.2 Å². The van der Waals surface area contributed by atoms with Crippen LogP contribution in [-0.2, 0) is 19.7 Å². The average molecular weight is 533 g/mol. The van der Waals surface area contributed by atoms with Crippen LogP contribution in [0.1, 0.15) is 97.5 Å². The van der Waals surface area contributed by atoms with Crippen LogP contribution in [0.5, 0.6) is 0 Å². The number of fused-ring (bicyclic) bond motifs is 3. The highest BCUT2D eigenvalue weighted by Crippen LogP contribution is 2.48. The first kappa shape index (κ1) is 29.0. The minimum atomic E-state index is -3.03. The van der Waals surface area contributed by atoms with E-state index in [1.54, 1.807) is 0 Å². The second-order valence-corrected chi connectivity index (χ2v) is 13.0. The third-order valence-corrected chi connectivity index (χ3v) is 11.0. The van der Waals surface area contributed by atoms with Crippen molar-refractivity contribution in [3.63, 3.8) is 0 Å². The van der Waals surface area contributed by atoms with Gasteiger partial charge in [-0.15, -0.1) is 0 Å². The van der Waals surface area contributed by atoms with Gasteiger partial charge in [-0.1, -0.05) is 113 Å². The van der Waals surface area contributed by atoms with Gasteiger partial charge < -0.3 is 13.3 Å². The summed E-state index contributed by atoms with van der Waals surface area (Å²) in [5, 5.41) is 3.67. The minimum Gasteiger partial charge on any atom is -0.370 e. The highest BCUT2D eigenvalue weighted by Gasteiger charge is 2.45. The zero-order valence-corrected chi connectivity index (χ0v) is 25.2. The molecule has 1 aliphatic rings. The molecule has 0 aliphatic heterocycles. The third-order valence-electron chi connectivity index (χ3n) is 7.89. The van der Waals surface area contributed by atoms with Gasteiger partial charge in [-0.2, -0.15) is 0 Å². The van der Waals surface area contributed by atoms with Crippen LogP contribution in [0.3, 0.4) is 0 Å². The third kappa shape index (κ3) is 6.25. The van der Waals surface area contributed by atoms with Gasteiger partial charge in [0.1, 0.15) is 0 Å². The summed E-state index contributed by atoms with van der Waals surface area (Å²) in [6.45, 7) is 10.1. The first-order valence-electron chi connectivity index (χ1n) is 15.3. The Balaban J connectivity index is 1.58. The first-order chi connectivity index (χ1) is 18.7. The monoisotopic (exact) mass is 532 g/mol. The average Bonchev–Trinajstić information content (AvgIpc) is 3.27. The van der Waals surface area contributed by atoms with Gasteiger partial charge >= 0.3 is 8.80 Å². The van der Waals surface area contributed by atoms with Gasteiger partial charge in [-0.25, -0.2) is 0 Å². The van der Waals surface area contributed by atoms with Gasteiger partial charge in [0.05, 0.1) is 0 Å². The summed E-state index contributed by atoms with van der Waals surface area (Å²) in [6, 6.07) is 18.1. The molecule has 0 atom stereocenters. The lowest BCUT2D eigenvalue weighted by Gasteiger charge is -2.30. The zero-order valence-electron chi connectivity index (χ0n) is 24.2. The Bertz CT molecular complexity index is 1150. The summed E-state index contributed by atoms with van der Waals surface area (Å²) in [4.78, 5) is 0. The second-order valence-electron chi connectivity index (χ2n) is 10.5. The smallest absolute Gasteiger partial charge is 0.370 e. The van der Waals surface area contributed by atoms with Crippen LogP contribution in [0.15, 0.2) is 48.5 Å². The van der Waals surface area contributed by atoms with Crippen LogP contribution in [0.2, 0.25) is 0 Å². The van der Waals surface area contributed by atoms with Gasteiger partial charge in [0.15, 0.2) is 0 Å². The van der Waals surface area contributed by atoms with Crippen LogP contribution in [0.4, 0.5) is 0 Å². The topological polar surface area (TPSA) is 27.7 Å². The summed E-state index contributed by atoms with van der Waals surface area (Å²) in [7, 11) is -3.03. The van der Waals surface area contributed by atoms with Crippen molar-refractivity contribution in [2.75, 3.05) is 19.8 Å². The molecule has 3 nitrogen and oxygen atoms in total. The number of rotatable bonds is 18. The Labute approximate surface area is 232 Å².